The van der Waals surface area contributed by atoms with Crippen LogP contribution in [0.15, 0.2) is 6.20 Å². The molecule has 1 unspecified atom stereocenters. The van der Waals surface area contributed by atoms with Gasteiger partial charge in [0.25, 0.3) is 0 Å². The number of rotatable bonds is 3. The molecule has 0 amide bonds. The van der Waals surface area contributed by atoms with Gasteiger partial charge in [-0.1, -0.05) is 11.6 Å². The maximum absolute atomic E-state index is 5.92. The summed E-state index contributed by atoms with van der Waals surface area (Å²) in [6.45, 7) is 2.76. The van der Waals surface area contributed by atoms with Crippen molar-refractivity contribution < 1.29 is 0 Å². The first-order valence-electron chi connectivity index (χ1n) is 4.87. The molecule has 2 heterocycles. The van der Waals surface area contributed by atoms with E-state index in [1.165, 1.54) is 0 Å². The Balaban J connectivity index is 0.00000128. The van der Waals surface area contributed by atoms with Crippen LogP contribution in [0.3, 0.4) is 0 Å². The van der Waals surface area contributed by atoms with Crippen LogP contribution in [-0.2, 0) is 6.54 Å². The fraction of sp³-hybridized carbons (Fsp3) is 0.556. The van der Waals surface area contributed by atoms with Crippen molar-refractivity contribution in [3.63, 3.8) is 0 Å². The minimum Gasteiger partial charge on any atom is -0.315 e. The molecular formula is C9H13Cl3N4. The zero-order valence-corrected chi connectivity index (χ0v) is 10.9. The van der Waals surface area contributed by atoms with E-state index in [4.69, 9.17) is 23.2 Å². The summed E-state index contributed by atoms with van der Waals surface area (Å²) in [4.78, 5) is 7.78. The molecule has 1 aliphatic rings. The molecule has 1 aliphatic heterocycles. The number of halogens is 3. The summed E-state index contributed by atoms with van der Waals surface area (Å²) in [5.74, 6) is 0. The van der Waals surface area contributed by atoms with Gasteiger partial charge in [0.05, 0.1) is 0 Å². The lowest BCUT2D eigenvalue weighted by atomic mass is 10.2. The molecule has 1 aromatic heterocycles. The molecule has 0 spiro atoms. The van der Waals surface area contributed by atoms with Gasteiger partial charge >= 0.3 is 0 Å². The number of hydrogen-bond acceptors (Lipinski definition) is 4. The molecule has 0 aliphatic carbocycles. The Hall–Kier alpha value is -0.130. The van der Waals surface area contributed by atoms with Gasteiger partial charge in [0, 0.05) is 30.9 Å². The van der Waals surface area contributed by atoms with Gasteiger partial charge in [0.15, 0.2) is 0 Å². The third kappa shape index (κ3) is 3.71. The highest BCUT2D eigenvalue weighted by Crippen LogP contribution is 2.14. The van der Waals surface area contributed by atoms with Crippen LogP contribution in [0.1, 0.15) is 12.0 Å². The van der Waals surface area contributed by atoms with Crippen molar-refractivity contribution in [1.29, 1.82) is 0 Å². The first-order chi connectivity index (χ1) is 7.25. The zero-order chi connectivity index (χ0) is 10.7. The second-order valence-electron chi connectivity index (χ2n) is 3.53. The standard InChI is InChI=1S/C9H12Cl2N4.ClH/c10-8-6(4-14-9(11)15-8)3-13-7-1-2-12-5-7;/h4,7,12-13H,1-3,5H2;1H. The van der Waals surface area contributed by atoms with E-state index in [1.807, 2.05) is 0 Å². The molecule has 16 heavy (non-hydrogen) atoms. The van der Waals surface area contributed by atoms with E-state index in [1.54, 1.807) is 6.20 Å². The quantitative estimate of drug-likeness (QED) is 0.654. The van der Waals surface area contributed by atoms with E-state index in [9.17, 15) is 0 Å². The fourth-order valence-electron chi connectivity index (χ4n) is 1.57. The second-order valence-corrected chi connectivity index (χ2v) is 4.22. The van der Waals surface area contributed by atoms with Crippen LogP contribution in [-0.4, -0.2) is 29.1 Å². The normalized spacial score (nSPS) is 19.5. The van der Waals surface area contributed by atoms with Gasteiger partial charge < -0.3 is 10.6 Å². The van der Waals surface area contributed by atoms with E-state index < -0.39 is 0 Å². The Labute approximate surface area is 111 Å². The van der Waals surface area contributed by atoms with Gasteiger partial charge in [-0.25, -0.2) is 9.97 Å². The van der Waals surface area contributed by atoms with Gasteiger partial charge in [-0.2, -0.15) is 0 Å². The smallest absolute Gasteiger partial charge is 0.223 e. The molecule has 0 radical (unpaired) electrons. The maximum atomic E-state index is 5.92. The average Bonchev–Trinajstić information content (AvgIpc) is 2.69. The molecule has 1 saturated heterocycles. The van der Waals surface area contributed by atoms with E-state index in [0.717, 1.165) is 25.1 Å². The van der Waals surface area contributed by atoms with Crippen molar-refractivity contribution in [2.75, 3.05) is 13.1 Å². The highest BCUT2D eigenvalue weighted by Gasteiger charge is 2.14. The van der Waals surface area contributed by atoms with E-state index in [2.05, 4.69) is 20.6 Å². The van der Waals surface area contributed by atoms with Crippen LogP contribution >= 0.6 is 35.6 Å². The average molecular weight is 284 g/mol. The molecule has 0 aromatic carbocycles. The summed E-state index contributed by atoms with van der Waals surface area (Å²) in [5, 5.41) is 7.28. The predicted molar refractivity (Wildman–Crippen MR) is 67.4 cm³/mol. The maximum Gasteiger partial charge on any atom is 0.223 e. The number of hydrogen-bond donors (Lipinski definition) is 2. The van der Waals surface area contributed by atoms with Crippen molar-refractivity contribution in [1.82, 2.24) is 20.6 Å². The minimum absolute atomic E-state index is 0. The molecule has 2 N–H and O–H groups in total. The molecular weight excluding hydrogens is 270 g/mol. The topological polar surface area (TPSA) is 49.8 Å². The van der Waals surface area contributed by atoms with Crippen LogP contribution < -0.4 is 10.6 Å². The first-order valence-corrected chi connectivity index (χ1v) is 5.62. The predicted octanol–water partition coefficient (Wildman–Crippen LogP) is 1.66. The molecule has 7 heteroatoms. The van der Waals surface area contributed by atoms with Crippen LogP contribution in [0.25, 0.3) is 0 Å². The fourth-order valence-corrected chi connectivity index (χ4v) is 1.94. The zero-order valence-electron chi connectivity index (χ0n) is 8.54. The SMILES string of the molecule is Cl.Clc1ncc(CNC2CCNC2)c(Cl)n1. The molecule has 0 bridgehead atoms. The minimum atomic E-state index is 0. The van der Waals surface area contributed by atoms with Gasteiger partial charge in [-0.15, -0.1) is 12.4 Å². The highest BCUT2D eigenvalue weighted by atomic mass is 35.5. The van der Waals surface area contributed by atoms with Crippen molar-refractivity contribution in [2.45, 2.75) is 19.0 Å². The lowest BCUT2D eigenvalue weighted by Crippen LogP contribution is -2.30. The molecule has 2 rings (SSSR count). The molecule has 1 fully saturated rings. The molecule has 4 nitrogen and oxygen atoms in total. The highest BCUT2D eigenvalue weighted by molar-refractivity contribution is 6.32. The summed E-state index contributed by atoms with van der Waals surface area (Å²) in [5.41, 5.74) is 0.882. The summed E-state index contributed by atoms with van der Waals surface area (Å²) in [6.07, 6.45) is 2.80. The van der Waals surface area contributed by atoms with Gasteiger partial charge in [0.1, 0.15) is 5.15 Å². The summed E-state index contributed by atoms with van der Waals surface area (Å²) in [6, 6.07) is 0.511. The van der Waals surface area contributed by atoms with E-state index >= 15 is 0 Å². The molecule has 0 saturated carbocycles. The van der Waals surface area contributed by atoms with Crippen LogP contribution in [0.5, 0.6) is 0 Å². The molecule has 1 aromatic rings. The van der Waals surface area contributed by atoms with Crippen molar-refractivity contribution >= 4 is 35.6 Å². The van der Waals surface area contributed by atoms with E-state index in [-0.39, 0.29) is 17.7 Å². The lowest BCUT2D eigenvalue weighted by Gasteiger charge is -2.11. The van der Waals surface area contributed by atoms with E-state index in [0.29, 0.717) is 17.7 Å². The van der Waals surface area contributed by atoms with Crippen molar-refractivity contribution in [3.8, 4) is 0 Å². The Bertz CT molecular complexity index is 342. The van der Waals surface area contributed by atoms with Crippen LogP contribution in [0.4, 0.5) is 0 Å². The lowest BCUT2D eigenvalue weighted by molar-refractivity contribution is 0.546. The number of nitrogens with one attached hydrogen (secondary N) is 2. The Kier molecular flexibility index (Phi) is 5.72. The third-order valence-corrected chi connectivity index (χ3v) is 2.93. The van der Waals surface area contributed by atoms with Crippen LogP contribution in [0.2, 0.25) is 10.4 Å². The van der Waals surface area contributed by atoms with Gasteiger partial charge in [-0.3, -0.25) is 0 Å². The third-order valence-electron chi connectivity index (χ3n) is 2.42. The largest absolute Gasteiger partial charge is 0.315 e. The Morgan fingerprint density at radius 3 is 2.94 bits per heavy atom. The number of nitrogens with zero attached hydrogens (tertiary/aromatic N) is 2. The summed E-state index contributed by atoms with van der Waals surface area (Å²) in [7, 11) is 0. The second kappa shape index (κ2) is 6.57. The van der Waals surface area contributed by atoms with Gasteiger partial charge in [0.2, 0.25) is 5.28 Å². The first kappa shape index (κ1) is 13.9. The Morgan fingerprint density at radius 1 is 1.50 bits per heavy atom. The molecule has 90 valence electrons. The Morgan fingerprint density at radius 2 is 2.31 bits per heavy atom. The van der Waals surface area contributed by atoms with Crippen LogP contribution in [0, 0.1) is 0 Å². The number of aromatic nitrogens is 2. The van der Waals surface area contributed by atoms with Crippen molar-refractivity contribution in [2.24, 2.45) is 0 Å². The summed E-state index contributed by atoms with van der Waals surface area (Å²) >= 11 is 11.5. The monoisotopic (exact) mass is 282 g/mol. The summed E-state index contributed by atoms with van der Waals surface area (Å²) < 4.78 is 0. The molecule has 1 atom stereocenters. The van der Waals surface area contributed by atoms with Crippen molar-refractivity contribution in [3.05, 3.63) is 22.2 Å². The van der Waals surface area contributed by atoms with Gasteiger partial charge in [-0.05, 0) is 24.6 Å².